The highest BCUT2D eigenvalue weighted by Crippen LogP contribution is 2.15. The number of carbonyl (C=O) groups excluding carboxylic acids is 2. The second kappa shape index (κ2) is 12.5. The van der Waals surface area contributed by atoms with E-state index in [0.29, 0.717) is 13.2 Å². The quantitative estimate of drug-likeness (QED) is 0.643. The molecule has 0 atom stereocenters. The summed E-state index contributed by atoms with van der Waals surface area (Å²) in [6.07, 6.45) is -0.613. The van der Waals surface area contributed by atoms with Crippen LogP contribution in [-0.4, -0.2) is 36.4 Å². The van der Waals surface area contributed by atoms with Crippen molar-refractivity contribution in [2.75, 3.05) is 13.7 Å². The summed E-state index contributed by atoms with van der Waals surface area (Å²) in [4.78, 5) is 23.4. The van der Waals surface area contributed by atoms with Gasteiger partial charge in [0, 0.05) is 13.7 Å². The zero-order chi connectivity index (χ0) is 22.6. The third-order valence-electron chi connectivity index (χ3n) is 3.69. The predicted molar refractivity (Wildman–Crippen MR) is 116 cm³/mol. The van der Waals surface area contributed by atoms with Gasteiger partial charge in [-0.25, -0.2) is 4.79 Å². The van der Waals surface area contributed by atoms with Crippen molar-refractivity contribution in [2.24, 2.45) is 0 Å². The van der Waals surface area contributed by atoms with Crippen LogP contribution in [0.4, 0.5) is 4.79 Å². The number of nitrogens with one attached hydrogen (secondary N) is 2. The van der Waals surface area contributed by atoms with Gasteiger partial charge in [-0.3, -0.25) is 4.79 Å². The van der Waals surface area contributed by atoms with Crippen LogP contribution < -0.4 is 15.4 Å². The van der Waals surface area contributed by atoms with Gasteiger partial charge in [0.2, 0.25) is 5.91 Å². The molecule has 7 heteroatoms. The Kier molecular flexibility index (Phi) is 10.4. The first-order chi connectivity index (χ1) is 14.2. The monoisotopic (exact) mass is 416 g/mol. The van der Waals surface area contributed by atoms with E-state index in [0.717, 1.165) is 24.0 Å². The van der Waals surface area contributed by atoms with E-state index >= 15 is 0 Å². The van der Waals surface area contributed by atoms with Crippen molar-refractivity contribution in [1.29, 1.82) is 0 Å². The highest BCUT2D eigenvalue weighted by Gasteiger charge is 2.16. The number of aliphatic hydroxyl groups excluding tert-OH is 1. The summed E-state index contributed by atoms with van der Waals surface area (Å²) in [7, 11) is 1.00. The van der Waals surface area contributed by atoms with Gasteiger partial charge in [0.25, 0.3) is 0 Å². The van der Waals surface area contributed by atoms with Crippen molar-refractivity contribution in [3.05, 3.63) is 65.2 Å². The van der Waals surface area contributed by atoms with Crippen LogP contribution in [0.1, 0.15) is 37.5 Å². The molecule has 2 amide bonds. The number of ether oxygens (including phenoxy) is 2. The number of benzene rings is 2. The highest BCUT2D eigenvalue weighted by atomic mass is 16.6. The fourth-order valence-electron chi connectivity index (χ4n) is 2.40. The van der Waals surface area contributed by atoms with E-state index in [1.54, 1.807) is 20.8 Å². The van der Waals surface area contributed by atoms with Gasteiger partial charge >= 0.3 is 6.09 Å². The zero-order valence-corrected chi connectivity index (χ0v) is 18.3. The van der Waals surface area contributed by atoms with E-state index in [-0.39, 0.29) is 12.5 Å². The smallest absolute Gasteiger partial charge is 0.408 e. The fourth-order valence-corrected chi connectivity index (χ4v) is 2.40. The Labute approximate surface area is 178 Å². The van der Waals surface area contributed by atoms with Crippen molar-refractivity contribution >= 4 is 12.0 Å². The molecule has 0 aliphatic heterocycles. The van der Waals surface area contributed by atoms with Crippen LogP contribution in [0.25, 0.3) is 0 Å². The molecular formula is C23H32N2O5. The fraction of sp³-hybridized carbons (Fsp3) is 0.391. The second-order valence-electron chi connectivity index (χ2n) is 7.55. The molecule has 0 spiro atoms. The molecule has 0 aromatic heterocycles. The Hall–Kier alpha value is -3.06. The molecular weight excluding hydrogens is 384 g/mol. The lowest BCUT2D eigenvalue weighted by atomic mass is 10.1. The lowest BCUT2D eigenvalue weighted by molar-refractivity contribution is -0.120. The van der Waals surface area contributed by atoms with E-state index < -0.39 is 11.7 Å². The summed E-state index contributed by atoms with van der Waals surface area (Å²) in [5.41, 5.74) is 2.67. The molecule has 0 aliphatic rings. The largest absolute Gasteiger partial charge is 0.489 e. The third kappa shape index (κ3) is 10.5. The zero-order valence-electron chi connectivity index (χ0n) is 18.3. The van der Waals surface area contributed by atoms with E-state index in [1.807, 2.05) is 36.4 Å². The van der Waals surface area contributed by atoms with Gasteiger partial charge in [-0.05, 0) is 51.0 Å². The average molecular weight is 417 g/mol. The maximum atomic E-state index is 11.8. The second-order valence-corrected chi connectivity index (χ2v) is 7.55. The van der Waals surface area contributed by atoms with E-state index in [1.165, 1.54) is 5.56 Å². The average Bonchev–Trinajstić information content (AvgIpc) is 2.70. The topological polar surface area (TPSA) is 96.9 Å². The van der Waals surface area contributed by atoms with Crippen molar-refractivity contribution in [2.45, 2.75) is 46.4 Å². The first-order valence-corrected chi connectivity index (χ1v) is 9.67. The number of aryl methyl sites for hydroxylation is 1. The van der Waals surface area contributed by atoms with Crippen LogP contribution in [0.3, 0.4) is 0 Å². The van der Waals surface area contributed by atoms with Gasteiger partial charge in [-0.15, -0.1) is 0 Å². The summed E-state index contributed by atoms with van der Waals surface area (Å²) in [5.74, 6) is 0.480. The Morgan fingerprint density at radius 2 is 1.63 bits per heavy atom. The summed E-state index contributed by atoms with van der Waals surface area (Å²) in [5, 5.41) is 12.2. The van der Waals surface area contributed by atoms with Crippen LogP contribution in [-0.2, 0) is 22.7 Å². The number of alkyl carbamates (subject to hydrolysis) is 1. The molecule has 2 rings (SSSR count). The minimum absolute atomic E-state index is 0.132. The van der Waals surface area contributed by atoms with Crippen LogP contribution in [0.15, 0.2) is 48.5 Å². The number of hydrogen-bond donors (Lipinski definition) is 3. The maximum Gasteiger partial charge on any atom is 0.408 e. The molecule has 30 heavy (non-hydrogen) atoms. The van der Waals surface area contributed by atoms with Crippen LogP contribution in [0.5, 0.6) is 5.75 Å². The van der Waals surface area contributed by atoms with Gasteiger partial charge in [-0.1, -0.05) is 42.0 Å². The molecule has 0 saturated heterocycles. The Morgan fingerprint density at radius 3 is 2.23 bits per heavy atom. The minimum Gasteiger partial charge on any atom is -0.489 e. The van der Waals surface area contributed by atoms with E-state index in [9.17, 15) is 9.59 Å². The standard InChI is InChI=1S/C22H28N2O4.CH4O/c1-16-6-5-7-18(12-16)15-27-19-10-8-17(9-11-19)13-23-20(25)14-24-21(26)28-22(2,3)4;1-2/h5-12H,13-15H2,1-4H3,(H,23,25)(H,24,26);2H,1H3. The summed E-state index contributed by atoms with van der Waals surface area (Å²) in [6, 6.07) is 15.7. The summed E-state index contributed by atoms with van der Waals surface area (Å²) >= 11 is 0. The first kappa shape index (κ1) is 25.0. The van der Waals surface area contributed by atoms with Crippen molar-refractivity contribution in [1.82, 2.24) is 10.6 Å². The van der Waals surface area contributed by atoms with Gasteiger partial charge in [-0.2, -0.15) is 0 Å². The summed E-state index contributed by atoms with van der Waals surface area (Å²) in [6.45, 7) is 8.09. The van der Waals surface area contributed by atoms with Gasteiger partial charge in [0.1, 0.15) is 24.5 Å². The molecule has 0 bridgehead atoms. The lowest BCUT2D eigenvalue weighted by Crippen LogP contribution is -2.39. The normalized spacial score (nSPS) is 10.3. The van der Waals surface area contributed by atoms with Crippen molar-refractivity contribution in [3.8, 4) is 5.75 Å². The molecule has 2 aromatic rings. The molecule has 0 fully saturated rings. The number of aliphatic hydroxyl groups is 1. The minimum atomic E-state index is -0.613. The highest BCUT2D eigenvalue weighted by molar-refractivity contribution is 5.82. The molecule has 164 valence electrons. The molecule has 3 N–H and O–H groups in total. The van der Waals surface area contributed by atoms with Crippen molar-refractivity contribution in [3.63, 3.8) is 0 Å². The SMILES string of the molecule is CO.Cc1cccc(COc2ccc(CNC(=O)CNC(=O)OC(C)(C)C)cc2)c1. The third-order valence-corrected chi connectivity index (χ3v) is 3.69. The van der Waals surface area contributed by atoms with E-state index in [4.69, 9.17) is 14.6 Å². The van der Waals surface area contributed by atoms with Crippen LogP contribution in [0, 0.1) is 6.92 Å². The molecule has 0 radical (unpaired) electrons. The van der Waals surface area contributed by atoms with Crippen molar-refractivity contribution < 1.29 is 24.2 Å². The lowest BCUT2D eigenvalue weighted by Gasteiger charge is -2.19. The van der Waals surface area contributed by atoms with E-state index in [2.05, 4.69) is 29.7 Å². The Morgan fingerprint density at radius 1 is 0.967 bits per heavy atom. The number of hydrogen-bond acceptors (Lipinski definition) is 5. The Bertz CT molecular complexity index is 798. The molecule has 0 heterocycles. The number of carbonyl (C=O) groups is 2. The van der Waals surface area contributed by atoms with Gasteiger partial charge in [0.05, 0.1) is 0 Å². The molecule has 0 unspecified atom stereocenters. The first-order valence-electron chi connectivity index (χ1n) is 9.67. The van der Waals surface area contributed by atoms with Gasteiger partial charge < -0.3 is 25.2 Å². The molecule has 7 nitrogen and oxygen atoms in total. The maximum absolute atomic E-state index is 11.8. The van der Waals surface area contributed by atoms with Crippen LogP contribution >= 0.6 is 0 Å². The number of rotatable bonds is 7. The van der Waals surface area contributed by atoms with Gasteiger partial charge in [0.15, 0.2) is 0 Å². The Balaban J connectivity index is 0.00000218. The van der Waals surface area contributed by atoms with Crippen LogP contribution in [0.2, 0.25) is 0 Å². The molecule has 0 saturated carbocycles. The molecule has 0 aliphatic carbocycles. The molecule has 2 aromatic carbocycles. The predicted octanol–water partition coefficient (Wildman–Crippen LogP) is 3.32. The number of amides is 2. The summed E-state index contributed by atoms with van der Waals surface area (Å²) < 4.78 is 10.9.